The Morgan fingerprint density at radius 1 is 1.77 bits per heavy atom. The molecule has 1 aromatic rings. The molecule has 0 bridgehead atoms. The maximum atomic E-state index is 11.2. The predicted octanol–water partition coefficient (Wildman–Crippen LogP) is 1.61. The summed E-state index contributed by atoms with van der Waals surface area (Å²) in [5.74, 6) is 2.00. The van der Waals surface area contributed by atoms with E-state index in [4.69, 9.17) is 11.2 Å². The van der Waals surface area contributed by atoms with Crippen molar-refractivity contribution in [2.75, 3.05) is 6.61 Å². The molecule has 68 valence electrons. The number of nitrogens with zero attached hydrogens (tertiary/aromatic N) is 1. The molecule has 0 aliphatic rings. The van der Waals surface area contributed by atoms with Gasteiger partial charge >= 0.3 is 5.97 Å². The summed E-state index contributed by atoms with van der Waals surface area (Å²) >= 11 is 1.26. The van der Waals surface area contributed by atoms with Crippen molar-refractivity contribution in [3.63, 3.8) is 0 Å². The average Bonchev–Trinajstić information content (AvgIpc) is 2.47. The van der Waals surface area contributed by atoms with Crippen molar-refractivity contribution < 1.29 is 9.53 Å². The van der Waals surface area contributed by atoms with Crippen molar-refractivity contribution >= 4 is 17.3 Å². The number of esters is 1. The third-order valence-corrected chi connectivity index (χ3v) is 2.33. The van der Waals surface area contributed by atoms with Gasteiger partial charge in [-0.2, -0.15) is 0 Å². The van der Waals surface area contributed by atoms with Crippen LogP contribution in [0.15, 0.2) is 0 Å². The molecule has 3 nitrogen and oxygen atoms in total. The van der Waals surface area contributed by atoms with Crippen LogP contribution in [0.4, 0.5) is 0 Å². The van der Waals surface area contributed by atoms with Gasteiger partial charge in [0, 0.05) is 4.88 Å². The van der Waals surface area contributed by atoms with Crippen LogP contribution in [0.2, 0.25) is 0 Å². The lowest BCUT2D eigenvalue weighted by Crippen LogP contribution is -2.03. The lowest BCUT2D eigenvalue weighted by atomic mass is 10.4. The molecule has 1 aromatic heterocycles. The minimum Gasteiger partial charge on any atom is -0.461 e. The first-order valence-electron chi connectivity index (χ1n) is 3.80. The molecule has 0 N–H and O–H groups in total. The zero-order valence-corrected chi connectivity index (χ0v) is 8.27. The molecule has 0 atom stereocenters. The van der Waals surface area contributed by atoms with E-state index in [1.165, 1.54) is 11.3 Å². The zero-order valence-electron chi connectivity index (χ0n) is 7.46. The number of carbonyl (C=O) groups excluding carboxylic acids is 1. The minimum absolute atomic E-state index is 0.326. The summed E-state index contributed by atoms with van der Waals surface area (Å²) < 4.78 is 4.78. The molecule has 1 rings (SSSR count). The summed E-state index contributed by atoms with van der Waals surface area (Å²) in [5, 5.41) is 0.326. The van der Waals surface area contributed by atoms with Crippen LogP contribution in [0.5, 0.6) is 0 Å². The summed E-state index contributed by atoms with van der Waals surface area (Å²) in [6.45, 7) is 3.93. The van der Waals surface area contributed by atoms with Gasteiger partial charge in [-0.25, -0.2) is 9.78 Å². The molecule has 0 saturated carbocycles. The summed E-state index contributed by atoms with van der Waals surface area (Å²) in [6, 6.07) is 0. The van der Waals surface area contributed by atoms with Crippen molar-refractivity contribution in [3.8, 4) is 12.3 Å². The highest BCUT2D eigenvalue weighted by Crippen LogP contribution is 2.17. The molecule has 4 heteroatoms. The van der Waals surface area contributed by atoms with Crippen LogP contribution in [-0.4, -0.2) is 17.6 Å². The minimum atomic E-state index is -0.405. The smallest absolute Gasteiger partial charge is 0.367 e. The number of thiazole rings is 1. The fourth-order valence-corrected chi connectivity index (χ4v) is 1.58. The zero-order chi connectivity index (χ0) is 9.84. The van der Waals surface area contributed by atoms with Gasteiger partial charge in [0.05, 0.1) is 6.61 Å². The van der Waals surface area contributed by atoms with Crippen molar-refractivity contribution in [2.45, 2.75) is 13.8 Å². The SMILES string of the molecule is C#Cc1nc(C(=O)OCC)sc1C. The molecule has 0 fully saturated rings. The molecule has 13 heavy (non-hydrogen) atoms. The Hall–Kier alpha value is -1.34. The average molecular weight is 195 g/mol. The van der Waals surface area contributed by atoms with Crippen molar-refractivity contribution in [1.29, 1.82) is 0 Å². The molecule has 0 saturated heterocycles. The van der Waals surface area contributed by atoms with E-state index in [1.807, 2.05) is 6.92 Å². The predicted molar refractivity (Wildman–Crippen MR) is 50.7 cm³/mol. The molecule has 0 aliphatic heterocycles. The fourth-order valence-electron chi connectivity index (χ4n) is 0.810. The molecule has 0 radical (unpaired) electrons. The van der Waals surface area contributed by atoms with Gasteiger partial charge in [0.1, 0.15) is 5.69 Å². The van der Waals surface area contributed by atoms with Gasteiger partial charge in [0.2, 0.25) is 5.01 Å². The molecule has 1 heterocycles. The number of terminal acetylenes is 1. The maximum absolute atomic E-state index is 11.2. The largest absolute Gasteiger partial charge is 0.461 e. The van der Waals surface area contributed by atoms with Crippen LogP contribution in [0.3, 0.4) is 0 Å². The molecule has 0 aliphatic carbocycles. The monoisotopic (exact) mass is 195 g/mol. The third kappa shape index (κ3) is 2.07. The van der Waals surface area contributed by atoms with Crippen LogP contribution >= 0.6 is 11.3 Å². The van der Waals surface area contributed by atoms with Crippen LogP contribution in [-0.2, 0) is 4.74 Å². The Kier molecular flexibility index (Phi) is 3.04. The summed E-state index contributed by atoms with van der Waals surface area (Å²) in [5.41, 5.74) is 0.521. The van der Waals surface area contributed by atoms with Crippen molar-refractivity contribution in [3.05, 3.63) is 15.6 Å². The number of hydrogen-bond acceptors (Lipinski definition) is 4. The van der Waals surface area contributed by atoms with Crippen LogP contribution in [0.1, 0.15) is 27.3 Å². The molecule has 0 unspecified atom stereocenters. The van der Waals surface area contributed by atoms with Gasteiger partial charge < -0.3 is 4.74 Å². The summed E-state index contributed by atoms with van der Waals surface area (Å²) in [7, 11) is 0. The highest BCUT2D eigenvalue weighted by atomic mass is 32.1. The first-order valence-corrected chi connectivity index (χ1v) is 4.61. The Balaban J connectivity index is 2.92. The lowest BCUT2D eigenvalue weighted by Gasteiger charge is -1.94. The molecular weight excluding hydrogens is 186 g/mol. The Bertz CT molecular complexity index is 362. The van der Waals surface area contributed by atoms with Crippen LogP contribution in [0, 0.1) is 19.3 Å². The highest BCUT2D eigenvalue weighted by molar-refractivity contribution is 7.13. The second kappa shape index (κ2) is 4.06. The van der Waals surface area contributed by atoms with E-state index in [1.54, 1.807) is 6.92 Å². The maximum Gasteiger partial charge on any atom is 0.367 e. The third-order valence-electron chi connectivity index (χ3n) is 1.38. The van der Waals surface area contributed by atoms with E-state index in [-0.39, 0.29) is 0 Å². The van der Waals surface area contributed by atoms with Crippen LogP contribution < -0.4 is 0 Å². The van der Waals surface area contributed by atoms with Crippen molar-refractivity contribution in [1.82, 2.24) is 4.98 Å². The first kappa shape index (κ1) is 9.75. The Morgan fingerprint density at radius 3 is 2.92 bits per heavy atom. The van der Waals surface area contributed by atoms with E-state index in [2.05, 4.69) is 10.9 Å². The van der Waals surface area contributed by atoms with E-state index in [9.17, 15) is 4.79 Å². The molecule has 0 amide bonds. The number of hydrogen-bond donors (Lipinski definition) is 0. The standard InChI is InChI=1S/C9H9NO2S/c1-4-7-6(3)13-8(10-7)9(11)12-5-2/h1H,5H2,2-3H3. The topological polar surface area (TPSA) is 39.2 Å². The van der Waals surface area contributed by atoms with Gasteiger partial charge in [-0.3, -0.25) is 0 Å². The fraction of sp³-hybridized carbons (Fsp3) is 0.333. The van der Waals surface area contributed by atoms with Crippen LogP contribution in [0.25, 0.3) is 0 Å². The van der Waals surface area contributed by atoms with E-state index >= 15 is 0 Å². The van der Waals surface area contributed by atoms with E-state index in [0.29, 0.717) is 17.3 Å². The van der Waals surface area contributed by atoms with Gasteiger partial charge in [-0.15, -0.1) is 17.8 Å². The van der Waals surface area contributed by atoms with E-state index < -0.39 is 5.97 Å². The molecule has 0 aromatic carbocycles. The second-order valence-electron chi connectivity index (χ2n) is 2.29. The lowest BCUT2D eigenvalue weighted by molar-refractivity contribution is 0.0526. The Morgan fingerprint density at radius 2 is 2.46 bits per heavy atom. The highest BCUT2D eigenvalue weighted by Gasteiger charge is 2.13. The number of rotatable bonds is 2. The normalized spacial score (nSPS) is 9.31. The summed E-state index contributed by atoms with van der Waals surface area (Å²) in [4.78, 5) is 16.0. The van der Waals surface area contributed by atoms with E-state index in [0.717, 1.165) is 4.88 Å². The first-order chi connectivity index (χ1) is 6.19. The van der Waals surface area contributed by atoms with Gasteiger partial charge in [-0.05, 0) is 19.8 Å². The number of aryl methyl sites for hydroxylation is 1. The number of aromatic nitrogens is 1. The van der Waals surface area contributed by atoms with Gasteiger partial charge in [0.15, 0.2) is 0 Å². The van der Waals surface area contributed by atoms with Gasteiger partial charge in [-0.1, -0.05) is 0 Å². The Labute approximate surface area is 80.8 Å². The number of ether oxygens (including phenoxy) is 1. The van der Waals surface area contributed by atoms with Gasteiger partial charge in [0.25, 0.3) is 0 Å². The quantitative estimate of drug-likeness (QED) is 0.531. The second-order valence-corrected chi connectivity index (χ2v) is 3.49. The molecule has 0 spiro atoms. The number of carbonyl (C=O) groups is 1. The summed E-state index contributed by atoms with van der Waals surface area (Å²) in [6.07, 6.45) is 5.18. The molecular formula is C9H9NO2S. The van der Waals surface area contributed by atoms with Crippen molar-refractivity contribution in [2.24, 2.45) is 0 Å².